The highest BCUT2D eigenvalue weighted by molar-refractivity contribution is 7.99. The van der Waals surface area contributed by atoms with E-state index in [4.69, 9.17) is 11.5 Å². The normalized spacial score (nSPS) is 10.2. The fourth-order valence-electron chi connectivity index (χ4n) is 1.31. The first-order valence-corrected chi connectivity index (χ1v) is 5.59. The van der Waals surface area contributed by atoms with Gasteiger partial charge in [0.15, 0.2) is 0 Å². The van der Waals surface area contributed by atoms with Crippen molar-refractivity contribution in [3.8, 4) is 5.75 Å². The Kier molecular flexibility index (Phi) is 2.92. The highest BCUT2D eigenvalue weighted by Gasteiger charge is 2.03. The number of hydrogen-bond acceptors (Lipinski definition) is 4. The largest absolute Gasteiger partial charge is 0.508 e. The summed E-state index contributed by atoms with van der Waals surface area (Å²) in [4.78, 5) is 1.82. The third kappa shape index (κ3) is 2.41. The van der Waals surface area contributed by atoms with Crippen LogP contribution in [0.2, 0.25) is 0 Å². The molecule has 16 heavy (non-hydrogen) atoms. The smallest absolute Gasteiger partial charge is 0.116 e. The predicted molar refractivity (Wildman–Crippen MR) is 67.5 cm³/mol. The Morgan fingerprint density at radius 2 is 1.81 bits per heavy atom. The maximum atomic E-state index is 9.35. The second kappa shape index (κ2) is 4.37. The van der Waals surface area contributed by atoms with E-state index < -0.39 is 0 Å². The Balaban J connectivity index is 2.30. The summed E-state index contributed by atoms with van der Waals surface area (Å²) in [6.07, 6.45) is 0. The van der Waals surface area contributed by atoms with Crippen LogP contribution in [0.4, 0.5) is 11.4 Å². The molecule has 0 spiro atoms. The average molecular weight is 232 g/mol. The molecule has 4 heteroatoms. The number of hydrogen-bond donors (Lipinski definition) is 3. The molecule has 0 saturated heterocycles. The Hall–Kier alpha value is -1.81. The van der Waals surface area contributed by atoms with Crippen LogP contribution in [0.15, 0.2) is 52.3 Å². The molecule has 0 aromatic heterocycles. The second-order valence-electron chi connectivity index (χ2n) is 3.40. The van der Waals surface area contributed by atoms with Gasteiger partial charge in [-0.2, -0.15) is 0 Å². The minimum atomic E-state index is 0.243. The number of benzene rings is 2. The van der Waals surface area contributed by atoms with Crippen LogP contribution in [-0.4, -0.2) is 5.11 Å². The summed E-state index contributed by atoms with van der Waals surface area (Å²) >= 11 is 1.48. The van der Waals surface area contributed by atoms with Crippen molar-refractivity contribution >= 4 is 23.1 Å². The predicted octanol–water partition coefficient (Wildman–Crippen LogP) is 2.71. The molecule has 0 radical (unpaired) electrons. The minimum absolute atomic E-state index is 0.243. The number of phenols is 1. The maximum Gasteiger partial charge on any atom is 0.116 e. The fourth-order valence-corrected chi connectivity index (χ4v) is 2.27. The van der Waals surface area contributed by atoms with Gasteiger partial charge in [-0.15, -0.1) is 0 Å². The van der Waals surface area contributed by atoms with Crippen LogP contribution in [0.5, 0.6) is 5.75 Å². The number of phenolic OH excluding ortho intramolecular Hbond substituents is 1. The van der Waals surface area contributed by atoms with Crippen LogP contribution >= 0.6 is 11.8 Å². The average Bonchev–Trinajstić information content (AvgIpc) is 2.24. The van der Waals surface area contributed by atoms with Crippen molar-refractivity contribution in [3.05, 3.63) is 42.5 Å². The first-order valence-electron chi connectivity index (χ1n) is 4.77. The molecule has 82 valence electrons. The summed E-state index contributed by atoms with van der Waals surface area (Å²) < 4.78 is 0. The molecule has 0 saturated carbocycles. The van der Waals surface area contributed by atoms with Crippen LogP contribution in [0.3, 0.4) is 0 Å². The van der Waals surface area contributed by atoms with Gasteiger partial charge in [0.05, 0.1) is 0 Å². The van der Waals surface area contributed by atoms with Gasteiger partial charge >= 0.3 is 0 Å². The summed E-state index contributed by atoms with van der Waals surface area (Å²) in [5.74, 6) is 0.243. The molecular weight excluding hydrogens is 220 g/mol. The van der Waals surface area contributed by atoms with E-state index in [1.54, 1.807) is 30.3 Å². The third-order valence-corrected chi connectivity index (χ3v) is 3.15. The van der Waals surface area contributed by atoms with Crippen molar-refractivity contribution in [3.63, 3.8) is 0 Å². The first kappa shape index (κ1) is 10.7. The number of rotatable bonds is 2. The van der Waals surface area contributed by atoms with Gasteiger partial charge in [0.1, 0.15) is 5.75 Å². The van der Waals surface area contributed by atoms with Crippen molar-refractivity contribution in [1.29, 1.82) is 0 Å². The zero-order valence-corrected chi connectivity index (χ0v) is 9.37. The van der Waals surface area contributed by atoms with Crippen molar-refractivity contribution in [2.45, 2.75) is 9.79 Å². The molecule has 0 aliphatic heterocycles. The second-order valence-corrected chi connectivity index (χ2v) is 4.51. The van der Waals surface area contributed by atoms with Gasteiger partial charge in [0.2, 0.25) is 0 Å². The summed E-state index contributed by atoms with van der Waals surface area (Å²) in [5, 5.41) is 9.35. The van der Waals surface area contributed by atoms with Gasteiger partial charge < -0.3 is 16.6 Å². The molecule has 0 atom stereocenters. The van der Waals surface area contributed by atoms with Gasteiger partial charge in [0, 0.05) is 21.2 Å². The van der Waals surface area contributed by atoms with E-state index in [2.05, 4.69) is 0 Å². The highest BCUT2D eigenvalue weighted by Crippen LogP contribution is 2.34. The lowest BCUT2D eigenvalue weighted by molar-refractivity contribution is 0.474. The molecule has 0 aliphatic rings. The zero-order chi connectivity index (χ0) is 11.5. The quantitative estimate of drug-likeness (QED) is 0.696. The van der Waals surface area contributed by atoms with Crippen molar-refractivity contribution < 1.29 is 5.11 Å². The number of nitrogen functional groups attached to an aromatic ring is 2. The van der Waals surface area contributed by atoms with Crippen molar-refractivity contribution in [2.24, 2.45) is 0 Å². The lowest BCUT2D eigenvalue weighted by Gasteiger charge is -2.06. The van der Waals surface area contributed by atoms with E-state index in [0.717, 1.165) is 9.79 Å². The Morgan fingerprint density at radius 3 is 2.56 bits per heavy atom. The summed E-state index contributed by atoms with van der Waals surface area (Å²) in [6.45, 7) is 0. The molecule has 5 N–H and O–H groups in total. The van der Waals surface area contributed by atoms with Crippen LogP contribution < -0.4 is 11.5 Å². The van der Waals surface area contributed by atoms with Crippen LogP contribution in [0, 0.1) is 0 Å². The molecule has 0 aliphatic carbocycles. The Labute approximate surface area is 98.1 Å². The number of nitrogens with two attached hydrogens (primary N) is 2. The van der Waals surface area contributed by atoms with E-state index in [1.807, 2.05) is 12.1 Å². The molecule has 2 rings (SSSR count). The monoisotopic (exact) mass is 232 g/mol. The number of anilines is 2. The SMILES string of the molecule is Nc1ccc(N)c(Sc2cccc(O)c2)c1. The molecule has 0 amide bonds. The van der Waals surface area contributed by atoms with Crippen molar-refractivity contribution in [2.75, 3.05) is 11.5 Å². The van der Waals surface area contributed by atoms with E-state index in [-0.39, 0.29) is 5.75 Å². The van der Waals surface area contributed by atoms with Crippen molar-refractivity contribution in [1.82, 2.24) is 0 Å². The minimum Gasteiger partial charge on any atom is -0.508 e. The van der Waals surface area contributed by atoms with Gasteiger partial charge in [-0.05, 0) is 36.4 Å². The molecule has 2 aromatic carbocycles. The summed E-state index contributed by atoms with van der Waals surface area (Å²) in [6, 6.07) is 12.4. The lowest BCUT2D eigenvalue weighted by atomic mass is 10.3. The topological polar surface area (TPSA) is 72.3 Å². The maximum absolute atomic E-state index is 9.35. The Bertz CT molecular complexity index is 514. The first-order chi connectivity index (χ1) is 7.65. The summed E-state index contributed by atoms with van der Waals surface area (Å²) in [5.41, 5.74) is 12.9. The van der Waals surface area contributed by atoms with Crippen LogP contribution in [0.25, 0.3) is 0 Å². The zero-order valence-electron chi connectivity index (χ0n) is 8.55. The van der Waals surface area contributed by atoms with Gasteiger partial charge in [-0.3, -0.25) is 0 Å². The van der Waals surface area contributed by atoms with Gasteiger partial charge in [-0.1, -0.05) is 17.8 Å². The summed E-state index contributed by atoms with van der Waals surface area (Å²) in [7, 11) is 0. The lowest BCUT2D eigenvalue weighted by Crippen LogP contribution is -1.91. The van der Waals surface area contributed by atoms with Gasteiger partial charge in [-0.25, -0.2) is 0 Å². The molecular formula is C12H12N2OS. The van der Waals surface area contributed by atoms with E-state index >= 15 is 0 Å². The fraction of sp³-hybridized carbons (Fsp3) is 0. The molecule has 0 heterocycles. The van der Waals surface area contributed by atoms with E-state index in [0.29, 0.717) is 11.4 Å². The third-order valence-electron chi connectivity index (χ3n) is 2.08. The van der Waals surface area contributed by atoms with Crippen LogP contribution in [-0.2, 0) is 0 Å². The van der Waals surface area contributed by atoms with Crippen LogP contribution in [0.1, 0.15) is 0 Å². The van der Waals surface area contributed by atoms with E-state index in [9.17, 15) is 5.11 Å². The molecule has 2 aromatic rings. The molecule has 0 unspecified atom stereocenters. The highest BCUT2D eigenvalue weighted by atomic mass is 32.2. The van der Waals surface area contributed by atoms with Gasteiger partial charge in [0.25, 0.3) is 0 Å². The Morgan fingerprint density at radius 1 is 1.00 bits per heavy atom. The standard InChI is InChI=1S/C12H12N2OS/c13-8-4-5-11(14)12(6-8)16-10-3-1-2-9(15)7-10/h1-7,15H,13-14H2. The van der Waals surface area contributed by atoms with E-state index in [1.165, 1.54) is 11.8 Å². The molecule has 0 bridgehead atoms. The molecule has 0 fully saturated rings. The number of aromatic hydroxyl groups is 1. The molecule has 3 nitrogen and oxygen atoms in total.